The number of nitrogen functional groups attached to an aromatic ring is 1. The number of rotatable bonds is 2. The quantitative estimate of drug-likeness (QED) is 0.837. The number of hydrogen-bond donors (Lipinski definition) is 1. The van der Waals surface area contributed by atoms with Crippen molar-refractivity contribution in [3.63, 3.8) is 0 Å². The molecule has 2 aliphatic rings. The Hall–Kier alpha value is -1.03. The summed E-state index contributed by atoms with van der Waals surface area (Å²) in [6.45, 7) is 1.06. The van der Waals surface area contributed by atoms with Gasteiger partial charge in [0, 0.05) is 18.7 Å². The molecule has 1 unspecified atom stereocenters. The Morgan fingerprint density at radius 1 is 1.17 bits per heavy atom. The van der Waals surface area contributed by atoms with E-state index in [1.165, 1.54) is 38.5 Å². The van der Waals surface area contributed by atoms with Crippen molar-refractivity contribution in [1.82, 2.24) is 9.97 Å². The van der Waals surface area contributed by atoms with Gasteiger partial charge >= 0.3 is 0 Å². The predicted molar refractivity (Wildman–Crippen MR) is 73.8 cm³/mol. The molecule has 0 aromatic carbocycles. The molecule has 5 heteroatoms. The van der Waals surface area contributed by atoms with E-state index in [1.807, 2.05) is 6.07 Å². The van der Waals surface area contributed by atoms with Crippen LogP contribution in [0, 0.1) is 5.92 Å². The van der Waals surface area contributed by atoms with Gasteiger partial charge in [0.05, 0.1) is 0 Å². The molecule has 18 heavy (non-hydrogen) atoms. The van der Waals surface area contributed by atoms with Crippen LogP contribution in [0.15, 0.2) is 6.07 Å². The average Bonchev–Trinajstić information content (AvgIpc) is 2.98. The smallest absolute Gasteiger partial charge is 0.223 e. The van der Waals surface area contributed by atoms with Gasteiger partial charge in [-0.15, -0.1) is 0 Å². The third kappa shape index (κ3) is 2.26. The van der Waals surface area contributed by atoms with Crippen LogP contribution < -0.4 is 10.6 Å². The van der Waals surface area contributed by atoms with E-state index in [0.29, 0.717) is 11.2 Å². The summed E-state index contributed by atoms with van der Waals surface area (Å²) >= 11 is 5.98. The molecule has 1 aliphatic heterocycles. The summed E-state index contributed by atoms with van der Waals surface area (Å²) in [6, 6.07) is 2.46. The molecule has 1 saturated carbocycles. The molecular formula is C13H19ClN4. The molecule has 2 N–H and O–H groups in total. The number of anilines is 2. The molecule has 1 aromatic rings. The van der Waals surface area contributed by atoms with Crippen LogP contribution in [0.5, 0.6) is 0 Å². The number of nitrogens with two attached hydrogens (primary N) is 1. The standard InChI is InChI=1S/C13H19ClN4/c14-11-8-12(17-13(15)16-11)18-7-3-6-10(18)9-4-1-2-5-9/h8-10H,1-7H2,(H2,15,16,17). The van der Waals surface area contributed by atoms with Gasteiger partial charge in [0.2, 0.25) is 5.95 Å². The van der Waals surface area contributed by atoms with Crippen LogP contribution in [0.4, 0.5) is 11.8 Å². The minimum Gasteiger partial charge on any atom is -0.368 e. The minimum atomic E-state index is 0.273. The monoisotopic (exact) mass is 266 g/mol. The van der Waals surface area contributed by atoms with Crippen molar-refractivity contribution in [2.45, 2.75) is 44.6 Å². The second-order valence-electron chi connectivity index (χ2n) is 5.35. The first-order chi connectivity index (χ1) is 8.74. The maximum Gasteiger partial charge on any atom is 0.223 e. The molecule has 2 heterocycles. The van der Waals surface area contributed by atoms with Crippen molar-refractivity contribution < 1.29 is 0 Å². The second kappa shape index (κ2) is 4.92. The highest BCUT2D eigenvalue weighted by atomic mass is 35.5. The molecule has 1 aliphatic carbocycles. The van der Waals surface area contributed by atoms with Crippen molar-refractivity contribution >= 4 is 23.4 Å². The van der Waals surface area contributed by atoms with Gasteiger partial charge in [-0.25, -0.2) is 4.98 Å². The van der Waals surface area contributed by atoms with Crippen LogP contribution in [0.1, 0.15) is 38.5 Å². The topological polar surface area (TPSA) is 55.0 Å². The van der Waals surface area contributed by atoms with Crippen LogP contribution >= 0.6 is 11.6 Å². The molecule has 2 fully saturated rings. The van der Waals surface area contributed by atoms with Crippen molar-refractivity contribution in [2.75, 3.05) is 17.2 Å². The van der Waals surface area contributed by atoms with E-state index in [-0.39, 0.29) is 5.95 Å². The van der Waals surface area contributed by atoms with Crippen LogP contribution in [0.2, 0.25) is 5.15 Å². The molecule has 4 nitrogen and oxygen atoms in total. The van der Waals surface area contributed by atoms with Crippen LogP contribution in [-0.2, 0) is 0 Å². The van der Waals surface area contributed by atoms with E-state index in [0.717, 1.165) is 18.3 Å². The van der Waals surface area contributed by atoms with E-state index >= 15 is 0 Å². The molecule has 0 bridgehead atoms. The highest BCUT2D eigenvalue weighted by Crippen LogP contribution is 2.37. The van der Waals surface area contributed by atoms with Gasteiger partial charge in [0.25, 0.3) is 0 Å². The van der Waals surface area contributed by atoms with Crippen molar-refractivity contribution in [3.05, 3.63) is 11.2 Å². The first-order valence-corrected chi connectivity index (χ1v) is 7.18. The lowest BCUT2D eigenvalue weighted by Crippen LogP contribution is -2.35. The molecular weight excluding hydrogens is 248 g/mol. The molecule has 1 saturated heterocycles. The second-order valence-corrected chi connectivity index (χ2v) is 5.74. The Bertz CT molecular complexity index is 411. The normalized spacial score (nSPS) is 24.9. The fourth-order valence-corrected chi connectivity index (χ4v) is 3.66. The third-order valence-corrected chi connectivity index (χ3v) is 4.43. The number of nitrogens with zero attached hydrogens (tertiary/aromatic N) is 3. The van der Waals surface area contributed by atoms with Gasteiger partial charge in [-0.05, 0) is 31.6 Å². The molecule has 98 valence electrons. The zero-order valence-corrected chi connectivity index (χ0v) is 11.2. The summed E-state index contributed by atoms with van der Waals surface area (Å²) in [5, 5.41) is 0.439. The highest BCUT2D eigenvalue weighted by molar-refractivity contribution is 6.29. The largest absolute Gasteiger partial charge is 0.368 e. The summed E-state index contributed by atoms with van der Waals surface area (Å²) in [4.78, 5) is 10.7. The van der Waals surface area contributed by atoms with Crippen LogP contribution in [0.25, 0.3) is 0 Å². The van der Waals surface area contributed by atoms with E-state index in [4.69, 9.17) is 17.3 Å². The van der Waals surface area contributed by atoms with E-state index < -0.39 is 0 Å². The first kappa shape index (κ1) is 12.0. The van der Waals surface area contributed by atoms with E-state index in [1.54, 1.807) is 0 Å². The van der Waals surface area contributed by atoms with E-state index in [9.17, 15) is 0 Å². The molecule has 1 aromatic heterocycles. The number of halogens is 1. The van der Waals surface area contributed by atoms with Crippen LogP contribution in [-0.4, -0.2) is 22.6 Å². The lowest BCUT2D eigenvalue weighted by Gasteiger charge is -2.30. The zero-order chi connectivity index (χ0) is 12.5. The Labute approximate surface area is 113 Å². The van der Waals surface area contributed by atoms with Gasteiger partial charge in [-0.1, -0.05) is 24.4 Å². The summed E-state index contributed by atoms with van der Waals surface area (Å²) < 4.78 is 0. The van der Waals surface area contributed by atoms with Crippen molar-refractivity contribution in [3.8, 4) is 0 Å². The molecule has 3 rings (SSSR count). The Morgan fingerprint density at radius 3 is 2.67 bits per heavy atom. The number of aromatic nitrogens is 2. The fraction of sp³-hybridized carbons (Fsp3) is 0.692. The van der Waals surface area contributed by atoms with Crippen LogP contribution in [0.3, 0.4) is 0 Å². The SMILES string of the molecule is Nc1nc(Cl)cc(N2CCCC2C2CCCC2)n1. The predicted octanol–water partition coefficient (Wildman–Crippen LogP) is 2.87. The maximum absolute atomic E-state index is 5.98. The third-order valence-electron chi connectivity index (χ3n) is 4.24. The molecule has 0 radical (unpaired) electrons. The van der Waals surface area contributed by atoms with Gasteiger partial charge in [0.1, 0.15) is 11.0 Å². The molecule has 0 amide bonds. The lowest BCUT2D eigenvalue weighted by atomic mass is 9.96. The van der Waals surface area contributed by atoms with Crippen molar-refractivity contribution in [2.24, 2.45) is 5.92 Å². The Balaban J connectivity index is 1.85. The average molecular weight is 267 g/mol. The van der Waals surface area contributed by atoms with Gasteiger partial charge in [0.15, 0.2) is 0 Å². The Kier molecular flexibility index (Phi) is 3.29. The van der Waals surface area contributed by atoms with Gasteiger partial charge < -0.3 is 10.6 Å². The first-order valence-electron chi connectivity index (χ1n) is 6.81. The zero-order valence-electron chi connectivity index (χ0n) is 10.5. The summed E-state index contributed by atoms with van der Waals surface area (Å²) in [6.07, 6.45) is 7.98. The summed E-state index contributed by atoms with van der Waals surface area (Å²) in [7, 11) is 0. The minimum absolute atomic E-state index is 0.273. The van der Waals surface area contributed by atoms with E-state index in [2.05, 4.69) is 14.9 Å². The fourth-order valence-electron chi connectivity index (χ4n) is 3.48. The summed E-state index contributed by atoms with van der Waals surface area (Å²) in [5.74, 6) is 2.00. The number of hydrogen-bond acceptors (Lipinski definition) is 4. The molecule has 0 spiro atoms. The summed E-state index contributed by atoms with van der Waals surface area (Å²) in [5.41, 5.74) is 5.69. The van der Waals surface area contributed by atoms with Crippen molar-refractivity contribution in [1.29, 1.82) is 0 Å². The highest BCUT2D eigenvalue weighted by Gasteiger charge is 2.34. The lowest BCUT2D eigenvalue weighted by molar-refractivity contribution is 0.429. The maximum atomic E-state index is 5.98. The van der Waals surface area contributed by atoms with Gasteiger partial charge in [-0.3, -0.25) is 0 Å². The van der Waals surface area contributed by atoms with Gasteiger partial charge in [-0.2, -0.15) is 4.98 Å². The molecule has 1 atom stereocenters. The Morgan fingerprint density at radius 2 is 1.94 bits per heavy atom.